The fourth-order valence-corrected chi connectivity index (χ4v) is 2.89. The summed E-state index contributed by atoms with van der Waals surface area (Å²) >= 11 is 0. The highest BCUT2D eigenvalue weighted by Crippen LogP contribution is 2.19. The van der Waals surface area contributed by atoms with Crippen molar-refractivity contribution in [2.75, 3.05) is 11.6 Å². The van der Waals surface area contributed by atoms with E-state index in [-0.39, 0.29) is 22.4 Å². The highest BCUT2D eigenvalue weighted by molar-refractivity contribution is 7.90. The van der Waals surface area contributed by atoms with Crippen molar-refractivity contribution in [3.63, 3.8) is 0 Å². The van der Waals surface area contributed by atoms with Crippen LogP contribution in [0.5, 0.6) is 0 Å². The minimum absolute atomic E-state index is 0.00224. The Morgan fingerprint density at radius 3 is 2.54 bits per heavy atom. The summed E-state index contributed by atoms with van der Waals surface area (Å²) in [5, 5.41) is 9.89. The Balaban J connectivity index is 1.86. The maximum Gasteiger partial charge on any atom is 0.322 e. The molecule has 0 atom stereocenters. The molecule has 0 aliphatic carbocycles. The number of aromatic nitrogens is 3. The third-order valence-corrected chi connectivity index (χ3v) is 4.22. The predicted molar refractivity (Wildman–Crippen MR) is 85.0 cm³/mol. The molecule has 0 aliphatic heterocycles. The van der Waals surface area contributed by atoms with Gasteiger partial charge in [-0.3, -0.25) is 15.1 Å². The van der Waals surface area contributed by atoms with Crippen LogP contribution in [0, 0.1) is 0 Å². The van der Waals surface area contributed by atoms with E-state index in [1.54, 1.807) is 36.5 Å². The number of rotatable bonds is 4. The van der Waals surface area contributed by atoms with Crippen molar-refractivity contribution in [1.82, 2.24) is 15.2 Å². The van der Waals surface area contributed by atoms with Crippen molar-refractivity contribution >= 4 is 21.8 Å². The average molecular weight is 344 g/mol. The van der Waals surface area contributed by atoms with Crippen molar-refractivity contribution in [2.45, 2.75) is 4.90 Å². The molecule has 0 unspecified atom stereocenters. The SMILES string of the molecule is CS(=O)(=O)c1ccccc1C(=O)Nc1nnc(-c2ccccn2)o1. The monoisotopic (exact) mass is 344 g/mol. The molecule has 1 aromatic carbocycles. The number of hydrogen-bond acceptors (Lipinski definition) is 7. The van der Waals surface area contributed by atoms with E-state index in [0.717, 1.165) is 6.26 Å². The van der Waals surface area contributed by atoms with Gasteiger partial charge in [0.2, 0.25) is 0 Å². The van der Waals surface area contributed by atoms with Gasteiger partial charge in [0, 0.05) is 12.5 Å². The van der Waals surface area contributed by atoms with E-state index in [1.807, 2.05) is 0 Å². The smallest absolute Gasteiger partial charge is 0.322 e. The van der Waals surface area contributed by atoms with Crippen LogP contribution in [0.2, 0.25) is 0 Å². The molecule has 0 radical (unpaired) electrons. The van der Waals surface area contributed by atoms with Gasteiger partial charge in [-0.05, 0) is 24.3 Å². The molecule has 1 N–H and O–H groups in total. The molecule has 0 saturated heterocycles. The Labute approximate surface area is 137 Å². The summed E-state index contributed by atoms with van der Waals surface area (Å²) in [6, 6.07) is 10.9. The quantitative estimate of drug-likeness (QED) is 0.767. The van der Waals surface area contributed by atoms with E-state index in [1.165, 1.54) is 12.1 Å². The topological polar surface area (TPSA) is 115 Å². The van der Waals surface area contributed by atoms with Crippen molar-refractivity contribution in [3.05, 3.63) is 54.2 Å². The lowest BCUT2D eigenvalue weighted by atomic mass is 10.2. The van der Waals surface area contributed by atoms with Gasteiger partial charge in [0.15, 0.2) is 9.84 Å². The zero-order valence-corrected chi connectivity index (χ0v) is 13.3. The molecule has 9 heteroatoms. The molecule has 3 rings (SSSR count). The molecule has 1 amide bonds. The van der Waals surface area contributed by atoms with Crippen LogP contribution in [-0.2, 0) is 9.84 Å². The van der Waals surface area contributed by atoms with Gasteiger partial charge in [0.05, 0.1) is 10.5 Å². The van der Waals surface area contributed by atoms with Crippen molar-refractivity contribution < 1.29 is 17.6 Å². The standard InChI is InChI=1S/C15H12N4O4S/c1-24(21,22)12-8-3-2-6-10(12)13(20)17-15-19-18-14(23-15)11-7-4-5-9-16-11/h2-9H,1H3,(H,17,19,20). The summed E-state index contributed by atoms with van der Waals surface area (Å²) in [5.41, 5.74) is 0.458. The van der Waals surface area contributed by atoms with Gasteiger partial charge in [0.25, 0.3) is 11.8 Å². The normalized spacial score (nSPS) is 11.2. The fraction of sp³-hybridized carbons (Fsp3) is 0.0667. The van der Waals surface area contributed by atoms with Crippen molar-refractivity contribution in [3.8, 4) is 11.6 Å². The van der Waals surface area contributed by atoms with Crippen molar-refractivity contribution in [1.29, 1.82) is 0 Å². The summed E-state index contributed by atoms with van der Waals surface area (Å²) in [6.07, 6.45) is 2.60. The second-order valence-electron chi connectivity index (χ2n) is 4.85. The Kier molecular flexibility index (Phi) is 4.09. The second-order valence-corrected chi connectivity index (χ2v) is 6.83. The lowest BCUT2D eigenvalue weighted by molar-refractivity contribution is 0.102. The molecule has 0 bridgehead atoms. The number of nitrogens with zero attached hydrogens (tertiary/aromatic N) is 3. The molecule has 3 aromatic rings. The average Bonchev–Trinajstić information content (AvgIpc) is 3.03. The molecule has 8 nitrogen and oxygen atoms in total. The Morgan fingerprint density at radius 2 is 1.83 bits per heavy atom. The minimum atomic E-state index is -3.55. The molecule has 2 aromatic heterocycles. The highest BCUT2D eigenvalue weighted by Gasteiger charge is 2.20. The minimum Gasteiger partial charge on any atom is -0.401 e. The molecule has 0 aliphatic rings. The van der Waals surface area contributed by atoms with Crippen LogP contribution in [0.25, 0.3) is 11.6 Å². The maximum absolute atomic E-state index is 12.3. The molecule has 0 spiro atoms. The van der Waals surface area contributed by atoms with Gasteiger partial charge in [0.1, 0.15) is 5.69 Å². The summed E-state index contributed by atoms with van der Waals surface area (Å²) in [7, 11) is -3.55. The molecule has 0 fully saturated rings. The van der Waals surface area contributed by atoms with E-state index < -0.39 is 15.7 Å². The number of sulfone groups is 1. The van der Waals surface area contributed by atoms with E-state index in [2.05, 4.69) is 20.5 Å². The van der Waals surface area contributed by atoms with E-state index in [9.17, 15) is 13.2 Å². The van der Waals surface area contributed by atoms with Gasteiger partial charge in [-0.2, -0.15) is 0 Å². The van der Waals surface area contributed by atoms with Gasteiger partial charge in [-0.15, -0.1) is 5.10 Å². The summed E-state index contributed by atoms with van der Waals surface area (Å²) in [4.78, 5) is 16.3. The second kappa shape index (κ2) is 6.20. The van der Waals surface area contributed by atoms with Crippen molar-refractivity contribution in [2.24, 2.45) is 0 Å². The Hall–Kier alpha value is -3.07. The number of benzene rings is 1. The lowest BCUT2D eigenvalue weighted by Crippen LogP contribution is -2.16. The third-order valence-electron chi connectivity index (χ3n) is 3.06. The first-order valence-corrected chi connectivity index (χ1v) is 8.69. The Morgan fingerprint density at radius 1 is 1.08 bits per heavy atom. The summed E-state index contributed by atoms with van der Waals surface area (Å²) < 4.78 is 28.8. The molecule has 122 valence electrons. The largest absolute Gasteiger partial charge is 0.401 e. The summed E-state index contributed by atoms with van der Waals surface area (Å²) in [5.74, 6) is -0.519. The molecular formula is C15H12N4O4S. The molecular weight excluding hydrogens is 332 g/mol. The van der Waals surface area contributed by atoms with Crippen LogP contribution in [-0.4, -0.2) is 35.8 Å². The zero-order chi connectivity index (χ0) is 17.2. The van der Waals surface area contributed by atoms with Crippen LogP contribution in [0.1, 0.15) is 10.4 Å². The predicted octanol–water partition coefficient (Wildman–Crippen LogP) is 1.79. The maximum atomic E-state index is 12.3. The number of anilines is 1. The van der Waals surface area contributed by atoms with Gasteiger partial charge in [-0.25, -0.2) is 8.42 Å². The first-order chi connectivity index (χ1) is 11.4. The molecule has 24 heavy (non-hydrogen) atoms. The third kappa shape index (κ3) is 3.30. The Bertz CT molecular complexity index is 983. The number of carbonyl (C=O) groups is 1. The number of nitrogens with one attached hydrogen (secondary N) is 1. The van der Waals surface area contributed by atoms with Crippen LogP contribution >= 0.6 is 0 Å². The zero-order valence-electron chi connectivity index (χ0n) is 12.5. The highest BCUT2D eigenvalue weighted by atomic mass is 32.2. The first-order valence-electron chi connectivity index (χ1n) is 6.80. The lowest BCUT2D eigenvalue weighted by Gasteiger charge is -2.06. The van der Waals surface area contributed by atoms with Gasteiger partial charge >= 0.3 is 6.01 Å². The van der Waals surface area contributed by atoms with Crippen LogP contribution in [0.4, 0.5) is 6.01 Å². The van der Waals surface area contributed by atoms with E-state index in [0.29, 0.717) is 5.69 Å². The molecule has 0 saturated carbocycles. The van der Waals surface area contributed by atoms with Crippen LogP contribution < -0.4 is 5.32 Å². The van der Waals surface area contributed by atoms with Crippen LogP contribution in [0.3, 0.4) is 0 Å². The number of pyridine rings is 1. The first kappa shape index (κ1) is 15.8. The van der Waals surface area contributed by atoms with Gasteiger partial charge < -0.3 is 4.42 Å². The number of hydrogen-bond donors (Lipinski definition) is 1. The van der Waals surface area contributed by atoms with E-state index >= 15 is 0 Å². The summed E-state index contributed by atoms with van der Waals surface area (Å²) in [6.45, 7) is 0. The fourth-order valence-electron chi connectivity index (χ4n) is 2.01. The van der Waals surface area contributed by atoms with Gasteiger partial charge in [-0.1, -0.05) is 23.3 Å². The van der Waals surface area contributed by atoms with Crippen LogP contribution in [0.15, 0.2) is 58.0 Å². The number of amides is 1. The van der Waals surface area contributed by atoms with E-state index in [4.69, 9.17) is 4.42 Å². The number of carbonyl (C=O) groups excluding carboxylic acids is 1. The molecule has 2 heterocycles.